The van der Waals surface area contributed by atoms with E-state index in [0.29, 0.717) is 12.0 Å². The molecule has 1 atom stereocenters. The molecule has 0 aromatic carbocycles. The molecule has 0 radical (unpaired) electrons. The highest BCUT2D eigenvalue weighted by Crippen LogP contribution is 2.27. The molecule has 0 N–H and O–H groups in total. The van der Waals surface area contributed by atoms with Gasteiger partial charge in [0.15, 0.2) is 5.13 Å². The lowest BCUT2D eigenvalue weighted by Crippen LogP contribution is -2.40. The zero-order valence-electron chi connectivity index (χ0n) is 13.3. The number of hydrogen-bond donors (Lipinski definition) is 0. The van der Waals surface area contributed by atoms with E-state index in [1.165, 1.54) is 44.9 Å². The summed E-state index contributed by atoms with van der Waals surface area (Å²) in [6.07, 6.45) is 13.0. The van der Waals surface area contributed by atoms with Gasteiger partial charge in [0, 0.05) is 37.3 Å². The van der Waals surface area contributed by atoms with Crippen LogP contribution < -0.4 is 4.90 Å². The fraction of sp³-hybridized carbons (Fsp3) is 0.765. The fourth-order valence-corrected chi connectivity index (χ4v) is 4.59. The Bertz CT molecular complexity index is 445. The van der Waals surface area contributed by atoms with E-state index in [9.17, 15) is 4.79 Å². The number of carbonyl (C=O) groups is 1. The Morgan fingerprint density at radius 2 is 2.14 bits per heavy atom. The maximum absolute atomic E-state index is 11.4. The third-order valence-electron chi connectivity index (χ3n) is 5.18. The summed E-state index contributed by atoms with van der Waals surface area (Å²) in [5.41, 5.74) is 0. The Morgan fingerprint density at radius 3 is 2.86 bits per heavy atom. The summed E-state index contributed by atoms with van der Waals surface area (Å²) in [6.45, 7) is 3.17. The molecular formula is C17H27N3OS. The maximum atomic E-state index is 11.4. The van der Waals surface area contributed by atoms with E-state index in [-0.39, 0.29) is 0 Å². The Labute approximate surface area is 137 Å². The number of anilines is 1. The zero-order valence-corrected chi connectivity index (χ0v) is 14.1. The maximum Gasteiger partial charge on any atom is 0.209 e. The number of hydrogen-bond acceptors (Lipinski definition) is 4. The lowest BCUT2D eigenvalue weighted by molar-refractivity contribution is -0.121. The summed E-state index contributed by atoms with van der Waals surface area (Å²) in [4.78, 5) is 20.4. The van der Waals surface area contributed by atoms with Crippen molar-refractivity contribution < 1.29 is 4.79 Å². The van der Waals surface area contributed by atoms with Gasteiger partial charge in [-0.1, -0.05) is 19.3 Å². The second-order valence-corrected chi connectivity index (χ2v) is 7.57. The van der Waals surface area contributed by atoms with Crippen molar-refractivity contribution in [1.29, 1.82) is 0 Å². The van der Waals surface area contributed by atoms with Crippen molar-refractivity contribution in [2.24, 2.45) is 5.92 Å². The SMILES string of the molecule is O=CN(CCC1CCCN(c2nccs2)C1)C1CCCCC1. The Morgan fingerprint density at radius 1 is 1.27 bits per heavy atom. The summed E-state index contributed by atoms with van der Waals surface area (Å²) in [7, 11) is 0. The van der Waals surface area contributed by atoms with E-state index in [4.69, 9.17) is 0 Å². The highest BCUT2D eigenvalue weighted by molar-refractivity contribution is 7.13. The number of rotatable bonds is 6. The second kappa shape index (κ2) is 7.95. The van der Waals surface area contributed by atoms with Gasteiger partial charge in [0.25, 0.3) is 0 Å². The van der Waals surface area contributed by atoms with Crippen molar-refractivity contribution in [3.05, 3.63) is 11.6 Å². The summed E-state index contributed by atoms with van der Waals surface area (Å²) in [5.74, 6) is 0.698. The molecule has 1 aromatic heterocycles. The molecule has 3 rings (SSSR count). The molecule has 2 aliphatic rings. The number of aromatic nitrogens is 1. The van der Waals surface area contributed by atoms with Gasteiger partial charge in [-0.15, -0.1) is 11.3 Å². The lowest BCUT2D eigenvalue weighted by atomic mass is 9.92. The molecule has 5 heteroatoms. The molecule has 122 valence electrons. The van der Waals surface area contributed by atoms with Crippen LogP contribution in [0.4, 0.5) is 5.13 Å². The van der Waals surface area contributed by atoms with E-state index in [2.05, 4.69) is 20.2 Å². The number of amides is 1. The summed E-state index contributed by atoms with van der Waals surface area (Å²) < 4.78 is 0. The lowest BCUT2D eigenvalue weighted by Gasteiger charge is -2.35. The van der Waals surface area contributed by atoms with Gasteiger partial charge in [-0.3, -0.25) is 4.79 Å². The van der Waals surface area contributed by atoms with E-state index < -0.39 is 0 Å². The van der Waals surface area contributed by atoms with E-state index in [0.717, 1.165) is 37.6 Å². The molecule has 1 saturated carbocycles. The molecule has 0 bridgehead atoms. The molecule has 1 unspecified atom stereocenters. The zero-order chi connectivity index (χ0) is 15.2. The van der Waals surface area contributed by atoms with Crippen LogP contribution in [0.3, 0.4) is 0 Å². The van der Waals surface area contributed by atoms with Crippen LogP contribution in [-0.2, 0) is 4.79 Å². The highest BCUT2D eigenvalue weighted by Gasteiger charge is 2.24. The average molecular weight is 321 g/mol. The van der Waals surface area contributed by atoms with Gasteiger partial charge in [0.1, 0.15) is 0 Å². The third kappa shape index (κ3) is 4.00. The van der Waals surface area contributed by atoms with Crippen molar-refractivity contribution in [2.45, 2.75) is 57.4 Å². The monoisotopic (exact) mass is 321 g/mol. The van der Waals surface area contributed by atoms with E-state index in [1.807, 2.05) is 6.20 Å². The predicted octanol–water partition coefficient (Wildman–Crippen LogP) is 3.54. The molecule has 2 heterocycles. The molecule has 0 spiro atoms. The van der Waals surface area contributed by atoms with Crippen LogP contribution in [0.25, 0.3) is 0 Å². The van der Waals surface area contributed by atoms with Gasteiger partial charge in [-0.25, -0.2) is 4.98 Å². The summed E-state index contributed by atoms with van der Waals surface area (Å²) in [6, 6.07) is 0.505. The van der Waals surface area contributed by atoms with Crippen LogP contribution in [0.5, 0.6) is 0 Å². The van der Waals surface area contributed by atoms with Gasteiger partial charge in [0.05, 0.1) is 0 Å². The molecule has 1 saturated heterocycles. The largest absolute Gasteiger partial charge is 0.348 e. The quantitative estimate of drug-likeness (QED) is 0.752. The Hall–Kier alpha value is -1.10. The average Bonchev–Trinajstić information content (AvgIpc) is 3.11. The highest BCUT2D eigenvalue weighted by atomic mass is 32.1. The van der Waals surface area contributed by atoms with Gasteiger partial charge in [-0.2, -0.15) is 0 Å². The minimum atomic E-state index is 0.505. The minimum absolute atomic E-state index is 0.505. The van der Waals surface area contributed by atoms with Crippen LogP contribution in [0, 0.1) is 5.92 Å². The van der Waals surface area contributed by atoms with E-state index in [1.54, 1.807) is 11.3 Å². The second-order valence-electron chi connectivity index (χ2n) is 6.69. The van der Waals surface area contributed by atoms with Crippen LogP contribution >= 0.6 is 11.3 Å². The van der Waals surface area contributed by atoms with Gasteiger partial charge < -0.3 is 9.80 Å². The van der Waals surface area contributed by atoms with Crippen molar-refractivity contribution in [1.82, 2.24) is 9.88 Å². The molecule has 1 aliphatic heterocycles. The molecule has 1 amide bonds. The van der Waals surface area contributed by atoms with Crippen molar-refractivity contribution in [2.75, 3.05) is 24.5 Å². The van der Waals surface area contributed by atoms with Crippen LogP contribution in [0.2, 0.25) is 0 Å². The summed E-state index contributed by atoms with van der Waals surface area (Å²) in [5, 5.41) is 3.21. The fourth-order valence-electron chi connectivity index (χ4n) is 3.91. The van der Waals surface area contributed by atoms with Crippen LogP contribution in [-0.4, -0.2) is 42.0 Å². The number of thiazole rings is 1. The Kier molecular flexibility index (Phi) is 5.70. The van der Waals surface area contributed by atoms with Crippen LogP contribution in [0.15, 0.2) is 11.6 Å². The number of nitrogens with zero attached hydrogens (tertiary/aromatic N) is 3. The Balaban J connectivity index is 1.48. The van der Waals surface area contributed by atoms with Crippen LogP contribution in [0.1, 0.15) is 51.4 Å². The summed E-state index contributed by atoms with van der Waals surface area (Å²) >= 11 is 1.73. The molecule has 1 aliphatic carbocycles. The van der Waals surface area contributed by atoms with Gasteiger partial charge in [0.2, 0.25) is 6.41 Å². The first-order valence-electron chi connectivity index (χ1n) is 8.72. The first-order valence-corrected chi connectivity index (χ1v) is 9.60. The van der Waals surface area contributed by atoms with Crippen molar-refractivity contribution >= 4 is 22.9 Å². The van der Waals surface area contributed by atoms with Gasteiger partial charge >= 0.3 is 0 Å². The molecule has 22 heavy (non-hydrogen) atoms. The standard InChI is InChI=1S/C17H27N3OS/c21-14-20(16-6-2-1-3-7-16)11-8-15-5-4-10-19(13-15)17-18-9-12-22-17/h9,12,14-16H,1-8,10-11,13H2. The molecule has 1 aromatic rings. The van der Waals surface area contributed by atoms with Crippen molar-refractivity contribution in [3.8, 4) is 0 Å². The van der Waals surface area contributed by atoms with Crippen molar-refractivity contribution in [3.63, 3.8) is 0 Å². The van der Waals surface area contributed by atoms with E-state index >= 15 is 0 Å². The first-order chi connectivity index (χ1) is 10.9. The predicted molar refractivity (Wildman–Crippen MR) is 91.3 cm³/mol. The smallest absolute Gasteiger partial charge is 0.209 e. The molecule has 2 fully saturated rings. The normalized spacial score (nSPS) is 23.5. The number of piperidine rings is 1. The topological polar surface area (TPSA) is 36.4 Å². The minimum Gasteiger partial charge on any atom is -0.348 e. The first kappa shape index (κ1) is 15.8. The molecule has 4 nitrogen and oxygen atoms in total. The third-order valence-corrected chi connectivity index (χ3v) is 6.02. The van der Waals surface area contributed by atoms with Gasteiger partial charge in [-0.05, 0) is 38.0 Å². The number of carbonyl (C=O) groups excluding carboxylic acids is 1. The molecular weight excluding hydrogens is 294 g/mol.